The minimum atomic E-state index is -3.13. The highest BCUT2D eigenvalue weighted by molar-refractivity contribution is 7.90. The van der Waals surface area contributed by atoms with E-state index in [1.54, 1.807) is 6.07 Å². The Morgan fingerprint density at radius 1 is 1.33 bits per heavy atom. The first-order valence-corrected chi connectivity index (χ1v) is 9.00. The molecule has 1 amide bonds. The highest BCUT2D eigenvalue weighted by Crippen LogP contribution is 2.25. The predicted molar refractivity (Wildman–Crippen MR) is 85.2 cm³/mol. The molecule has 0 aromatic heterocycles. The van der Waals surface area contributed by atoms with Crippen LogP contribution in [0.1, 0.15) is 18.0 Å². The molecule has 0 heterocycles. The summed E-state index contributed by atoms with van der Waals surface area (Å²) < 4.78 is 22.1. The summed E-state index contributed by atoms with van der Waals surface area (Å²) in [7, 11) is 0.674. The van der Waals surface area contributed by atoms with Gasteiger partial charge in [-0.1, -0.05) is 29.8 Å². The molecule has 0 aliphatic heterocycles. The SMILES string of the molecule is CN(C)C(CNC(=O)CCS(C)(=O)=O)c1ccccc1Cl. The molecule has 0 fully saturated rings. The Kier molecular flexibility index (Phi) is 6.64. The lowest BCUT2D eigenvalue weighted by molar-refractivity contribution is -0.120. The zero-order valence-corrected chi connectivity index (χ0v) is 14.0. The number of hydrogen-bond acceptors (Lipinski definition) is 4. The minimum Gasteiger partial charge on any atom is -0.354 e. The van der Waals surface area contributed by atoms with Crippen LogP contribution in [0.5, 0.6) is 0 Å². The second kappa shape index (κ2) is 7.77. The highest BCUT2D eigenvalue weighted by atomic mass is 35.5. The normalized spacial score (nSPS) is 13.2. The van der Waals surface area contributed by atoms with Crippen LogP contribution in [0.3, 0.4) is 0 Å². The lowest BCUT2D eigenvalue weighted by Gasteiger charge is -2.26. The summed E-state index contributed by atoms with van der Waals surface area (Å²) in [6, 6.07) is 7.39. The summed E-state index contributed by atoms with van der Waals surface area (Å²) in [6.45, 7) is 0.374. The van der Waals surface area contributed by atoms with Gasteiger partial charge in [-0.2, -0.15) is 0 Å². The van der Waals surface area contributed by atoms with Gasteiger partial charge < -0.3 is 10.2 Å². The largest absolute Gasteiger partial charge is 0.354 e. The van der Waals surface area contributed by atoms with Crippen LogP contribution in [-0.2, 0) is 14.6 Å². The third-order valence-corrected chi connectivity index (χ3v) is 4.37. The molecule has 1 atom stereocenters. The number of hydrogen-bond donors (Lipinski definition) is 1. The third-order valence-electron chi connectivity index (χ3n) is 3.08. The van der Waals surface area contributed by atoms with Gasteiger partial charge in [0.1, 0.15) is 9.84 Å². The van der Waals surface area contributed by atoms with E-state index in [-0.39, 0.29) is 24.1 Å². The molecule has 0 spiro atoms. The van der Waals surface area contributed by atoms with Crippen molar-refractivity contribution in [2.24, 2.45) is 0 Å². The van der Waals surface area contributed by atoms with Crippen LogP contribution in [0, 0.1) is 0 Å². The Morgan fingerprint density at radius 3 is 2.48 bits per heavy atom. The number of sulfone groups is 1. The molecular formula is C14H21ClN2O3S. The molecule has 0 radical (unpaired) electrons. The molecule has 118 valence electrons. The van der Waals surface area contributed by atoms with E-state index in [9.17, 15) is 13.2 Å². The molecule has 0 bridgehead atoms. The number of nitrogens with one attached hydrogen (secondary N) is 1. The van der Waals surface area contributed by atoms with Gasteiger partial charge in [0.2, 0.25) is 5.91 Å². The first kappa shape index (κ1) is 17.9. The van der Waals surface area contributed by atoms with E-state index in [0.717, 1.165) is 11.8 Å². The summed E-state index contributed by atoms with van der Waals surface area (Å²) in [6.07, 6.45) is 1.09. The number of benzene rings is 1. The second-order valence-electron chi connectivity index (χ2n) is 5.18. The number of carbonyl (C=O) groups excluding carboxylic acids is 1. The van der Waals surface area contributed by atoms with Crippen LogP contribution >= 0.6 is 11.6 Å². The van der Waals surface area contributed by atoms with Crippen molar-refractivity contribution in [3.8, 4) is 0 Å². The van der Waals surface area contributed by atoms with Crippen LogP contribution in [0.4, 0.5) is 0 Å². The van der Waals surface area contributed by atoms with Gasteiger partial charge >= 0.3 is 0 Å². The van der Waals surface area contributed by atoms with Crippen LogP contribution < -0.4 is 5.32 Å². The van der Waals surface area contributed by atoms with Gasteiger partial charge in [-0.3, -0.25) is 4.79 Å². The van der Waals surface area contributed by atoms with Crippen LogP contribution in [0.25, 0.3) is 0 Å². The minimum absolute atomic E-state index is 0.0263. The van der Waals surface area contributed by atoms with Crippen LogP contribution in [-0.4, -0.2) is 51.9 Å². The van der Waals surface area contributed by atoms with E-state index >= 15 is 0 Å². The zero-order valence-electron chi connectivity index (χ0n) is 12.5. The molecule has 5 nitrogen and oxygen atoms in total. The summed E-state index contributed by atoms with van der Waals surface area (Å²) in [5, 5.41) is 3.40. The van der Waals surface area contributed by atoms with Gasteiger partial charge in [-0.05, 0) is 25.7 Å². The number of nitrogens with zero attached hydrogens (tertiary/aromatic N) is 1. The van der Waals surface area contributed by atoms with E-state index in [2.05, 4.69) is 5.32 Å². The molecule has 21 heavy (non-hydrogen) atoms. The highest BCUT2D eigenvalue weighted by Gasteiger charge is 2.18. The summed E-state index contributed by atoms with van der Waals surface area (Å²) in [4.78, 5) is 13.7. The van der Waals surface area contributed by atoms with Gasteiger partial charge in [0.25, 0.3) is 0 Å². The zero-order chi connectivity index (χ0) is 16.0. The summed E-state index contributed by atoms with van der Waals surface area (Å²) >= 11 is 6.18. The molecule has 1 unspecified atom stereocenters. The number of amides is 1. The molecule has 0 aliphatic rings. The molecule has 1 aromatic carbocycles. The van der Waals surface area contributed by atoms with Gasteiger partial charge in [0.05, 0.1) is 11.8 Å². The monoisotopic (exact) mass is 332 g/mol. The van der Waals surface area contributed by atoms with E-state index in [1.807, 2.05) is 37.2 Å². The number of likely N-dealkylation sites (N-methyl/N-ethyl adjacent to an activating group) is 1. The van der Waals surface area contributed by atoms with Gasteiger partial charge in [-0.25, -0.2) is 8.42 Å². The fraction of sp³-hybridized carbons (Fsp3) is 0.500. The Labute approximate surface area is 131 Å². The molecule has 1 aromatic rings. The molecule has 0 saturated carbocycles. The fourth-order valence-corrected chi connectivity index (χ4v) is 2.71. The number of rotatable bonds is 7. The molecule has 1 rings (SSSR count). The van der Waals surface area contributed by atoms with Crippen molar-refractivity contribution in [3.05, 3.63) is 34.9 Å². The van der Waals surface area contributed by atoms with Crippen LogP contribution in [0.2, 0.25) is 5.02 Å². The molecule has 0 aliphatic carbocycles. The van der Waals surface area contributed by atoms with Crippen molar-refractivity contribution in [2.45, 2.75) is 12.5 Å². The van der Waals surface area contributed by atoms with Crippen molar-refractivity contribution in [3.63, 3.8) is 0 Å². The summed E-state index contributed by atoms with van der Waals surface area (Å²) in [5.74, 6) is -0.420. The maximum Gasteiger partial charge on any atom is 0.221 e. The fourth-order valence-electron chi connectivity index (χ4n) is 1.89. The van der Waals surface area contributed by atoms with Crippen molar-refractivity contribution in [2.75, 3.05) is 32.6 Å². The van der Waals surface area contributed by atoms with Crippen molar-refractivity contribution >= 4 is 27.3 Å². The third kappa shape index (κ3) is 6.46. The van der Waals surface area contributed by atoms with Crippen molar-refractivity contribution < 1.29 is 13.2 Å². The first-order valence-electron chi connectivity index (χ1n) is 6.56. The number of carbonyl (C=O) groups is 1. The maximum atomic E-state index is 11.7. The maximum absolute atomic E-state index is 11.7. The van der Waals surface area contributed by atoms with Crippen LogP contribution in [0.15, 0.2) is 24.3 Å². The van der Waals surface area contributed by atoms with E-state index in [0.29, 0.717) is 11.6 Å². The molecule has 7 heteroatoms. The van der Waals surface area contributed by atoms with Crippen molar-refractivity contribution in [1.29, 1.82) is 0 Å². The lowest BCUT2D eigenvalue weighted by atomic mass is 10.1. The Morgan fingerprint density at radius 2 is 1.95 bits per heavy atom. The van der Waals surface area contributed by atoms with E-state index in [4.69, 9.17) is 11.6 Å². The molecule has 0 saturated heterocycles. The van der Waals surface area contributed by atoms with Crippen molar-refractivity contribution in [1.82, 2.24) is 10.2 Å². The summed E-state index contributed by atoms with van der Waals surface area (Å²) in [5.41, 5.74) is 0.924. The predicted octanol–water partition coefficient (Wildman–Crippen LogP) is 1.49. The average Bonchev–Trinajstić information content (AvgIpc) is 2.37. The lowest BCUT2D eigenvalue weighted by Crippen LogP contribution is -2.35. The number of halogens is 1. The van der Waals surface area contributed by atoms with Gasteiger partial charge in [0.15, 0.2) is 0 Å². The second-order valence-corrected chi connectivity index (χ2v) is 7.85. The Balaban J connectivity index is 2.65. The Bertz CT molecular complexity index is 588. The van der Waals surface area contributed by atoms with Gasteiger partial charge in [0, 0.05) is 24.2 Å². The quantitative estimate of drug-likeness (QED) is 0.821. The smallest absolute Gasteiger partial charge is 0.221 e. The van der Waals surface area contributed by atoms with E-state index in [1.165, 1.54) is 0 Å². The molecule has 1 N–H and O–H groups in total. The topological polar surface area (TPSA) is 66.5 Å². The molecular weight excluding hydrogens is 312 g/mol. The van der Waals surface area contributed by atoms with E-state index < -0.39 is 9.84 Å². The first-order chi connectivity index (χ1) is 9.70. The standard InChI is InChI=1S/C14H21ClN2O3S/c1-17(2)13(11-6-4-5-7-12(11)15)10-16-14(18)8-9-21(3,19)20/h4-7,13H,8-10H2,1-3H3,(H,16,18). The Hall–Kier alpha value is -1.11. The van der Waals surface area contributed by atoms with Gasteiger partial charge in [-0.15, -0.1) is 0 Å². The average molecular weight is 333 g/mol.